The molecular weight excluding hydrogens is 441 g/mol. The number of nitrogens with one attached hydrogen (secondary N) is 2. The third-order valence-corrected chi connectivity index (χ3v) is 5.16. The number of carbonyl (C=O) groups excluding carboxylic acids is 2. The molecule has 2 aliphatic heterocycles. The molecule has 0 spiro atoms. The van der Waals surface area contributed by atoms with Gasteiger partial charge in [-0.25, -0.2) is 9.78 Å². The normalized spacial score (nSPS) is 28.4. The summed E-state index contributed by atoms with van der Waals surface area (Å²) < 4.78 is 44.3. The lowest BCUT2D eigenvalue weighted by molar-refractivity contribution is -0.226. The molecule has 13 nitrogen and oxygen atoms in total. The number of nitrogens with zero attached hydrogens (tertiary/aromatic N) is 4. The number of imidazole rings is 1. The smallest absolute Gasteiger partial charge is 0.394 e. The first-order valence-electron chi connectivity index (χ1n) is 9.22. The van der Waals surface area contributed by atoms with Crippen LogP contribution in [0.3, 0.4) is 0 Å². The number of nitrogens with two attached hydrogens (primary N) is 2. The number of imide groups is 1. The second-order valence-corrected chi connectivity index (χ2v) is 7.40. The van der Waals surface area contributed by atoms with E-state index in [9.17, 15) is 27.9 Å². The summed E-state index contributed by atoms with van der Waals surface area (Å²) in [6.07, 6.45) is -6.69. The third kappa shape index (κ3) is 4.23. The van der Waals surface area contributed by atoms with Gasteiger partial charge in [-0.2, -0.15) is 23.1 Å². The Balaban J connectivity index is 0.000000219. The maximum absolute atomic E-state index is 13.1. The van der Waals surface area contributed by atoms with Crippen molar-refractivity contribution in [3.05, 3.63) is 6.33 Å². The molecule has 0 aliphatic carbocycles. The summed E-state index contributed by atoms with van der Waals surface area (Å²) in [7, 11) is 0. The number of urea groups is 1. The highest BCUT2D eigenvalue weighted by molar-refractivity contribution is 6.00. The van der Waals surface area contributed by atoms with Crippen LogP contribution in [0.5, 0.6) is 0 Å². The van der Waals surface area contributed by atoms with E-state index in [4.69, 9.17) is 21.3 Å². The maximum Gasteiger partial charge on any atom is 0.404 e. The number of rotatable bonds is 2. The maximum atomic E-state index is 13.1. The molecule has 176 valence electrons. The molecule has 0 radical (unpaired) electrons. The van der Waals surface area contributed by atoms with Crippen LogP contribution < -0.4 is 16.8 Å². The molecule has 32 heavy (non-hydrogen) atoms. The van der Waals surface area contributed by atoms with Crippen LogP contribution in [0.25, 0.3) is 11.2 Å². The van der Waals surface area contributed by atoms with Crippen molar-refractivity contribution in [2.24, 2.45) is 5.41 Å². The van der Waals surface area contributed by atoms with Gasteiger partial charge < -0.3 is 31.4 Å². The quantitative estimate of drug-likeness (QED) is 0.324. The van der Waals surface area contributed by atoms with Gasteiger partial charge in [0.1, 0.15) is 17.8 Å². The summed E-state index contributed by atoms with van der Waals surface area (Å²) in [4.78, 5) is 38.2. The molecule has 8 N–H and O–H groups in total. The van der Waals surface area contributed by atoms with Gasteiger partial charge in [0, 0.05) is 13.0 Å². The van der Waals surface area contributed by atoms with E-state index >= 15 is 0 Å². The molecule has 2 aromatic rings. The lowest BCUT2D eigenvalue weighted by Gasteiger charge is -2.41. The first kappa shape index (κ1) is 23.4. The summed E-state index contributed by atoms with van der Waals surface area (Å²) in [5, 5.41) is 20.2. The largest absolute Gasteiger partial charge is 0.404 e. The molecule has 3 amide bonds. The van der Waals surface area contributed by atoms with Gasteiger partial charge in [-0.05, 0) is 6.92 Å². The zero-order valence-electron chi connectivity index (χ0n) is 16.6. The SMILES string of the molecule is CC1(C(F)(F)F)CN([C@H]2C[C@H](O)[C@@H](CO)O2)C(=O)NC1=O.Nc1nc(N)c2[nH]cnc2n1. The number of H-pyrrole nitrogens is 1. The third-order valence-electron chi connectivity index (χ3n) is 5.16. The average Bonchev–Trinajstić information content (AvgIpc) is 3.30. The number of aromatic amines is 1. The number of aromatic nitrogens is 4. The Kier molecular flexibility index (Phi) is 6.12. The van der Waals surface area contributed by atoms with Crippen molar-refractivity contribution in [1.29, 1.82) is 0 Å². The fraction of sp³-hybridized carbons (Fsp3) is 0.562. The summed E-state index contributed by atoms with van der Waals surface area (Å²) in [5.74, 6) is -0.958. The number of amides is 3. The van der Waals surface area contributed by atoms with Crippen LogP contribution in [0.2, 0.25) is 0 Å². The summed E-state index contributed by atoms with van der Waals surface area (Å²) in [6.45, 7) is -0.740. The summed E-state index contributed by atoms with van der Waals surface area (Å²) in [5.41, 5.74) is 9.19. The molecule has 2 aromatic heterocycles. The van der Waals surface area contributed by atoms with Crippen LogP contribution in [-0.4, -0.2) is 84.8 Å². The molecule has 4 heterocycles. The summed E-state index contributed by atoms with van der Waals surface area (Å²) in [6, 6.07) is -1.02. The summed E-state index contributed by atoms with van der Waals surface area (Å²) >= 11 is 0. The van der Waals surface area contributed by atoms with Crippen LogP contribution in [0, 0.1) is 5.41 Å². The Labute approximate surface area is 178 Å². The van der Waals surface area contributed by atoms with E-state index in [0.717, 1.165) is 0 Å². The van der Waals surface area contributed by atoms with Crippen LogP contribution in [0.15, 0.2) is 6.33 Å². The van der Waals surface area contributed by atoms with Gasteiger partial charge in [-0.1, -0.05) is 0 Å². The van der Waals surface area contributed by atoms with Crippen molar-refractivity contribution in [2.75, 3.05) is 24.6 Å². The molecule has 0 aromatic carbocycles. The average molecular weight is 462 g/mol. The van der Waals surface area contributed by atoms with E-state index in [2.05, 4.69) is 19.9 Å². The topological polar surface area (TPSA) is 206 Å². The Morgan fingerprint density at radius 3 is 2.62 bits per heavy atom. The lowest BCUT2D eigenvalue weighted by atomic mass is 9.86. The number of halogens is 3. The Bertz CT molecular complexity index is 1020. The van der Waals surface area contributed by atoms with Gasteiger partial charge in [0.15, 0.2) is 16.9 Å². The predicted molar refractivity (Wildman–Crippen MR) is 101 cm³/mol. The molecule has 0 saturated carbocycles. The molecule has 4 rings (SSSR count). The molecular formula is C16H21F3N8O5. The fourth-order valence-electron chi connectivity index (χ4n) is 3.19. The minimum atomic E-state index is -4.84. The van der Waals surface area contributed by atoms with Gasteiger partial charge in [0.2, 0.25) is 11.9 Å². The van der Waals surface area contributed by atoms with Crippen LogP contribution in [-0.2, 0) is 9.53 Å². The minimum Gasteiger partial charge on any atom is -0.394 e. The highest BCUT2D eigenvalue weighted by Crippen LogP contribution is 2.41. The number of aliphatic hydroxyl groups excluding tert-OH is 2. The number of hydrogen-bond acceptors (Lipinski definition) is 10. The number of alkyl halides is 3. The zero-order chi connectivity index (χ0) is 23.8. The van der Waals surface area contributed by atoms with Gasteiger partial charge in [-0.15, -0.1) is 0 Å². The van der Waals surface area contributed by atoms with Crippen LogP contribution in [0.1, 0.15) is 13.3 Å². The van der Waals surface area contributed by atoms with Gasteiger partial charge in [0.05, 0.1) is 19.0 Å². The highest BCUT2D eigenvalue weighted by atomic mass is 19.4. The number of nitrogen functional groups attached to an aromatic ring is 2. The second-order valence-electron chi connectivity index (χ2n) is 7.40. The van der Waals surface area contributed by atoms with Crippen molar-refractivity contribution in [1.82, 2.24) is 30.2 Å². The Hall–Kier alpha value is -3.24. The van der Waals surface area contributed by atoms with E-state index in [1.54, 1.807) is 5.32 Å². The molecule has 2 fully saturated rings. The second kappa shape index (κ2) is 8.36. The van der Waals surface area contributed by atoms with Crippen LogP contribution in [0.4, 0.5) is 29.7 Å². The van der Waals surface area contributed by atoms with Crippen molar-refractivity contribution in [3.63, 3.8) is 0 Å². The van der Waals surface area contributed by atoms with Crippen molar-refractivity contribution >= 4 is 34.9 Å². The number of carbonyl (C=O) groups is 2. The number of ether oxygens (including phenoxy) is 1. The molecule has 16 heteroatoms. The van der Waals surface area contributed by atoms with Gasteiger partial charge in [0.25, 0.3) is 0 Å². The molecule has 2 saturated heterocycles. The monoisotopic (exact) mass is 462 g/mol. The van der Waals surface area contributed by atoms with Crippen molar-refractivity contribution in [3.8, 4) is 0 Å². The van der Waals surface area contributed by atoms with E-state index in [1.807, 2.05) is 0 Å². The highest BCUT2D eigenvalue weighted by Gasteiger charge is 2.61. The molecule has 0 bridgehead atoms. The molecule has 1 unspecified atom stereocenters. The van der Waals surface area contributed by atoms with E-state index in [1.165, 1.54) is 6.33 Å². The van der Waals surface area contributed by atoms with Crippen molar-refractivity contribution < 1.29 is 37.7 Å². The zero-order valence-corrected chi connectivity index (χ0v) is 16.6. The number of hydrogen-bond donors (Lipinski definition) is 6. The number of aliphatic hydroxyl groups is 2. The fourth-order valence-corrected chi connectivity index (χ4v) is 3.19. The van der Waals surface area contributed by atoms with E-state index in [-0.39, 0.29) is 12.4 Å². The van der Waals surface area contributed by atoms with Gasteiger partial charge >= 0.3 is 12.2 Å². The standard InChI is InChI=1S/C11H15F3N2O5.C5H6N6/c1-10(11(12,13)14)4-16(9(20)15-8(10)19)7-2-5(18)6(3-17)21-7;6-3-2-4(9-1-8-2)11-5(7)10-3/h5-7,17-18H,2-4H2,1H3,(H,15,19,20);1H,(H5,6,7,8,9,10,11)/t5-,6+,7+,10?;/m0./s1. The Morgan fingerprint density at radius 1 is 1.34 bits per heavy atom. The van der Waals surface area contributed by atoms with Gasteiger partial charge in [-0.3, -0.25) is 15.0 Å². The number of fused-ring (bicyclic) bond motifs is 1. The predicted octanol–water partition coefficient (Wildman–Crippen LogP) is -0.908. The molecule has 2 aliphatic rings. The van der Waals surface area contributed by atoms with E-state index < -0.39 is 55.1 Å². The molecule has 4 atom stereocenters. The first-order valence-corrected chi connectivity index (χ1v) is 9.22. The number of anilines is 2. The van der Waals surface area contributed by atoms with Crippen LogP contribution >= 0.6 is 0 Å². The van der Waals surface area contributed by atoms with E-state index in [0.29, 0.717) is 28.8 Å². The lowest BCUT2D eigenvalue weighted by Crippen LogP contribution is -2.66. The Morgan fingerprint density at radius 2 is 2.03 bits per heavy atom. The van der Waals surface area contributed by atoms with Crippen molar-refractivity contribution in [2.45, 2.75) is 38.0 Å². The first-order chi connectivity index (χ1) is 14.9. The minimum absolute atomic E-state index is 0.138.